The van der Waals surface area contributed by atoms with Crippen LogP contribution in [0.5, 0.6) is 0 Å². The zero-order chi connectivity index (χ0) is 6.36. The van der Waals surface area contributed by atoms with Crippen LogP contribution in [-0.4, -0.2) is 20.1 Å². The van der Waals surface area contributed by atoms with Crippen molar-refractivity contribution in [1.82, 2.24) is 0 Å². The van der Waals surface area contributed by atoms with Gasteiger partial charge in [0, 0.05) is 0 Å². The van der Waals surface area contributed by atoms with E-state index in [-0.39, 0.29) is 0 Å². The van der Waals surface area contributed by atoms with E-state index < -0.39 is 0 Å². The maximum atomic E-state index is 2.33. The molecule has 48 valence electrons. The molecule has 1 aliphatic heterocycles. The molecule has 1 heterocycles. The minimum absolute atomic E-state index is 0.525. The molecule has 0 unspecified atom stereocenters. The molecule has 0 bridgehead atoms. The van der Waals surface area contributed by atoms with Gasteiger partial charge in [-0.3, -0.25) is 0 Å². The second-order valence-corrected chi connectivity index (χ2v) is 4.34. The van der Waals surface area contributed by atoms with Crippen LogP contribution in [0.25, 0.3) is 0 Å². The molecular formula is C8H11As. The molecule has 9 heavy (non-hydrogen) atoms. The van der Waals surface area contributed by atoms with Gasteiger partial charge in [0.25, 0.3) is 0 Å². The number of allylic oxidation sites excluding steroid dienone is 4. The monoisotopic (exact) mass is 182 g/mol. The molecular weight excluding hydrogens is 171 g/mol. The van der Waals surface area contributed by atoms with Crippen LogP contribution in [0.2, 0.25) is 5.21 Å². The van der Waals surface area contributed by atoms with Crippen LogP contribution in [0.15, 0.2) is 24.3 Å². The Hall–Kier alpha value is -0.0916. The summed E-state index contributed by atoms with van der Waals surface area (Å²) in [6.45, 7) is 0. The number of hydrogen-bond acceptors (Lipinski definition) is 0. The topological polar surface area (TPSA) is 0 Å². The van der Waals surface area contributed by atoms with Gasteiger partial charge in [0.15, 0.2) is 0 Å². The average molecular weight is 182 g/mol. The molecule has 0 atom stereocenters. The van der Waals surface area contributed by atoms with Crippen LogP contribution in [-0.2, 0) is 0 Å². The molecule has 0 saturated heterocycles. The number of hydrogen-bond donors (Lipinski definition) is 0. The van der Waals surface area contributed by atoms with Crippen LogP contribution >= 0.6 is 0 Å². The first kappa shape index (κ1) is 7.02. The SMILES string of the molecule is C1=[As]CCC/C=C\C=C/1. The first-order chi connectivity index (χ1) is 4.50. The van der Waals surface area contributed by atoms with Crippen molar-refractivity contribution in [2.75, 3.05) is 0 Å². The third kappa shape index (κ3) is 3.48. The van der Waals surface area contributed by atoms with Crippen molar-refractivity contribution in [2.24, 2.45) is 0 Å². The predicted octanol–water partition coefficient (Wildman–Crippen LogP) is 1.82. The summed E-state index contributed by atoms with van der Waals surface area (Å²) in [5.41, 5.74) is 0. The summed E-state index contributed by atoms with van der Waals surface area (Å²) in [6, 6.07) is 0. The molecule has 0 aliphatic carbocycles. The summed E-state index contributed by atoms with van der Waals surface area (Å²) >= 11 is 0.525. The van der Waals surface area contributed by atoms with Crippen molar-refractivity contribution in [3.05, 3.63) is 24.3 Å². The molecule has 0 aromatic rings. The van der Waals surface area contributed by atoms with Crippen LogP contribution < -0.4 is 0 Å². The molecule has 0 saturated carbocycles. The van der Waals surface area contributed by atoms with Crippen molar-refractivity contribution in [1.29, 1.82) is 0 Å². The second-order valence-electron chi connectivity index (χ2n) is 2.01. The van der Waals surface area contributed by atoms with E-state index in [1.54, 1.807) is 0 Å². The molecule has 0 nitrogen and oxygen atoms in total. The summed E-state index contributed by atoms with van der Waals surface area (Å²) in [6.07, 6.45) is 11.3. The van der Waals surface area contributed by atoms with Gasteiger partial charge in [-0.1, -0.05) is 0 Å². The molecule has 1 rings (SSSR count). The molecule has 1 heteroatoms. The predicted molar refractivity (Wildman–Crippen MR) is 44.1 cm³/mol. The fourth-order valence-electron chi connectivity index (χ4n) is 0.724. The first-order valence-electron chi connectivity index (χ1n) is 3.32. The zero-order valence-corrected chi connectivity index (χ0v) is 7.33. The van der Waals surface area contributed by atoms with Gasteiger partial charge >= 0.3 is 62.5 Å². The van der Waals surface area contributed by atoms with Crippen molar-refractivity contribution in [3.8, 4) is 0 Å². The van der Waals surface area contributed by atoms with E-state index in [2.05, 4.69) is 29.1 Å². The van der Waals surface area contributed by atoms with Gasteiger partial charge in [-0.05, 0) is 0 Å². The Bertz CT molecular complexity index is 127. The quantitative estimate of drug-likeness (QED) is 0.501. The fraction of sp³-hybridized carbons (Fsp3) is 0.375. The summed E-state index contributed by atoms with van der Waals surface area (Å²) in [5.74, 6) is 0. The van der Waals surface area contributed by atoms with E-state index in [1.165, 1.54) is 18.1 Å². The second kappa shape index (κ2) is 4.76. The standard InChI is InChI=1S/C8H11As/c1-2-4-6-8-9-7-5-3-1/h1-3,5,7H,4,6,8H2/b2-1-,5-3-. The van der Waals surface area contributed by atoms with Crippen LogP contribution in [0.3, 0.4) is 0 Å². The molecule has 0 aromatic heterocycles. The van der Waals surface area contributed by atoms with Gasteiger partial charge in [-0.15, -0.1) is 0 Å². The van der Waals surface area contributed by atoms with Crippen molar-refractivity contribution in [3.63, 3.8) is 0 Å². The third-order valence-corrected chi connectivity index (χ3v) is 3.22. The first-order valence-corrected chi connectivity index (χ1v) is 5.73. The van der Waals surface area contributed by atoms with E-state index in [4.69, 9.17) is 0 Å². The third-order valence-electron chi connectivity index (χ3n) is 1.21. The van der Waals surface area contributed by atoms with Gasteiger partial charge in [-0.2, -0.15) is 0 Å². The zero-order valence-electron chi connectivity index (χ0n) is 5.46. The molecule has 0 fully saturated rings. The maximum absolute atomic E-state index is 2.33. The Balaban J connectivity index is 2.45. The molecule has 0 amide bonds. The normalized spacial score (nSPS) is 27.6. The Kier molecular flexibility index (Phi) is 3.71. The molecule has 0 spiro atoms. The van der Waals surface area contributed by atoms with Crippen LogP contribution in [0.4, 0.5) is 0 Å². The van der Waals surface area contributed by atoms with E-state index in [0.29, 0.717) is 15.3 Å². The summed E-state index contributed by atoms with van der Waals surface area (Å²) < 4.78 is 0. The van der Waals surface area contributed by atoms with E-state index in [0.717, 1.165) is 0 Å². The Morgan fingerprint density at radius 1 is 1.11 bits per heavy atom. The van der Waals surface area contributed by atoms with Gasteiger partial charge in [0.05, 0.1) is 0 Å². The molecule has 1 aliphatic rings. The average Bonchev–Trinajstić information content (AvgIpc) is 2.00. The summed E-state index contributed by atoms with van der Waals surface area (Å²) in [5, 5.41) is 1.44. The Morgan fingerprint density at radius 3 is 3.11 bits per heavy atom. The van der Waals surface area contributed by atoms with E-state index >= 15 is 0 Å². The van der Waals surface area contributed by atoms with Crippen molar-refractivity contribution >= 4 is 20.1 Å². The molecule has 0 radical (unpaired) electrons. The van der Waals surface area contributed by atoms with Crippen molar-refractivity contribution < 1.29 is 0 Å². The van der Waals surface area contributed by atoms with E-state index in [9.17, 15) is 0 Å². The Morgan fingerprint density at radius 2 is 2.11 bits per heavy atom. The van der Waals surface area contributed by atoms with Gasteiger partial charge in [0.2, 0.25) is 0 Å². The van der Waals surface area contributed by atoms with Gasteiger partial charge < -0.3 is 0 Å². The minimum atomic E-state index is 0.525. The molecule has 0 aromatic carbocycles. The van der Waals surface area contributed by atoms with Gasteiger partial charge in [-0.25, -0.2) is 0 Å². The summed E-state index contributed by atoms with van der Waals surface area (Å²) in [4.78, 5) is 2.33. The van der Waals surface area contributed by atoms with Crippen molar-refractivity contribution in [2.45, 2.75) is 18.1 Å². The number of rotatable bonds is 0. The fourth-order valence-corrected chi connectivity index (χ4v) is 2.27. The van der Waals surface area contributed by atoms with Gasteiger partial charge in [0.1, 0.15) is 0 Å². The Labute approximate surface area is 62.9 Å². The van der Waals surface area contributed by atoms with Crippen LogP contribution in [0.1, 0.15) is 12.8 Å². The summed E-state index contributed by atoms with van der Waals surface area (Å²) in [7, 11) is 0. The molecule has 0 N–H and O–H groups in total. The van der Waals surface area contributed by atoms with Crippen LogP contribution in [0, 0.1) is 0 Å². The van der Waals surface area contributed by atoms with E-state index in [1.807, 2.05) is 0 Å².